The van der Waals surface area contributed by atoms with Gasteiger partial charge in [0.25, 0.3) is 0 Å². The maximum absolute atomic E-state index is 6.80. The van der Waals surface area contributed by atoms with Gasteiger partial charge in [-0.2, -0.15) is 0 Å². The average Bonchev–Trinajstić information content (AvgIpc) is 3.52. The molecule has 0 N–H and O–H groups in total. The summed E-state index contributed by atoms with van der Waals surface area (Å²) in [6.45, 7) is 0.402. The topological polar surface area (TPSA) is 40.2 Å². The third-order valence-electron chi connectivity index (χ3n) is 5.74. The Balaban J connectivity index is 1.57. The first-order chi connectivity index (χ1) is 14.3. The van der Waals surface area contributed by atoms with Crippen LogP contribution >= 0.6 is 0 Å². The van der Waals surface area contributed by atoms with Crippen LogP contribution in [0.15, 0.2) is 91.0 Å². The first-order valence-electron chi connectivity index (χ1n) is 9.97. The van der Waals surface area contributed by atoms with E-state index < -0.39 is 5.60 Å². The molecule has 0 bridgehead atoms. The van der Waals surface area contributed by atoms with Gasteiger partial charge in [-0.3, -0.25) is 0 Å². The van der Waals surface area contributed by atoms with Crippen LogP contribution in [0.2, 0.25) is 0 Å². The van der Waals surface area contributed by atoms with Crippen LogP contribution in [0.25, 0.3) is 0 Å². The van der Waals surface area contributed by atoms with E-state index in [2.05, 4.69) is 36.4 Å². The van der Waals surface area contributed by atoms with Crippen LogP contribution in [0.5, 0.6) is 0 Å². The monoisotopic (exact) mass is 388 g/mol. The van der Waals surface area contributed by atoms with E-state index in [-0.39, 0.29) is 24.6 Å². The molecule has 4 heteroatoms. The summed E-state index contributed by atoms with van der Waals surface area (Å²) in [6, 6.07) is 31.0. The van der Waals surface area contributed by atoms with Gasteiger partial charge < -0.3 is 18.9 Å². The zero-order valence-electron chi connectivity index (χ0n) is 16.3. The summed E-state index contributed by atoms with van der Waals surface area (Å²) in [5.74, 6) is 0. The molecule has 0 amide bonds. The Morgan fingerprint density at radius 1 is 0.690 bits per heavy atom. The first kappa shape index (κ1) is 18.5. The highest BCUT2D eigenvalue weighted by atomic mass is 16.8. The van der Waals surface area contributed by atoms with Gasteiger partial charge in [0.1, 0.15) is 23.9 Å². The molecule has 0 aliphatic carbocycles. The second kappa shape index (κ2) is 7.73. The SMILES string of the molecule is CO[C@H]1O[C@H](COC(c2ccccc2)(c2ccccc2)c2ccccc2)[C@@H]2O[C@H]12. The number of benzene rings is 3. The minimum absolute atomic E-state index is 0.0215. The number of hydrogen-bond donors (Lipinski definition) is 0. The Bertz CT molecular complexity index is 832. The standard InChI is InChI=1S/C25H24O4/c1-26-24-23-22(29-23)21(28-24)17-27-25(18-11-5-2-6-12-18,19-13-7-3-8-14-19)20-15-9-4-10-16-20/h2-16,21-24H,17H2,1H3/t21-,22+,23+,24+/m1/s1. The smallest absolute Gasteiger partial charge is 0.186 e. The molecular formula is C25H24O4. The molecule has 0 radical (unpaired) electrons. The average molecular weight is 388 g/mol. The van der Waals surface area contributed by atoms with Gasteiger partial charge in [0, 0.05) is 7.11 Å². The molecule has 29 heavy (non-hydrogen) atoms. The van der Waals surface area contributed by atoms with Gasteiger partial charge >= 0.3 is 0 Å². The highest BCUT2D eigenvalue weighted by molar-refractivity contribution is 5.47. The molecule has 5 rings (SSSR count). The third kappa shape index (κ3) is 3.28. The van der Waals surface area contributed by atoms with Gasteiger partial charge in [0.05, 0.1) is 6.61 Å². The lowest BCUT2D eigenvalue weighted by molar-refractivity contribution is -0.178. The lowest BCUT2D eigenvalue weighted by Crippen LogP contribution is -2.37. The van der Waals surface area contributed by atoms with Crippen LogP contribution in [0.4, 0.5) is 0 Å². The number of hydrogen-bond acceptors (Lipinski definition) is 4. The van der Waals surface area contributed by atoms with Crippen molar-refractivity contribution in [2.24, 2.45) is 0 Å². The molecule has 2 saturated heterocycles. The van der Waals surface area contributed by atoms with E-state index in [9.17, 15) is 0 Å². The van der Waals surface area contributed by atoms with Gasteiger partial charge in [-0.15, -0.1) is 0 Å². The third-order valence-corrected chi connectivity index (χ3v) is 5.74. The second-order valence-electron chi connectivity index (χ2n) is 7.43. The summed E-state index contributed by atoms with van der Waals surface area (Å²) >= 11 is 0. The summed E-state index contributed by atoms with van der Waals surface area (Å²) in [7, 11) is 1.65. The predicted octanol–water partition coefficient (Wildman–Crippen LogP) is 4.13. The van der Waals surface area contributed by atoms with Gasteiger partial charge in [0.15, 0.2) is 6.29 Å². The number of methoxy groups -OCH3 is 1. The van der Waals surface area contributed by atoms with Crippen LogP contribution in [0, 0.1) is 0 Å². The van der Waals surface area contributed by atoms with Crippen LogP contribution in [0.1, 0.15) is 16.7 Å². The largest absolute Gasteiger partial charge is 0.361 e. The molecular weight excluding hydrogens is 364 g/mol. The fourth-order valence-corrected chi connectivity index (χ4v) is 4.28. The Labute approximate surface area is 171 Å². The van der Waals surface area contributed by atoms with Crippen LogP contribution in [0.3, 0.4) is 0 Å². The molecule has 0 aromatic heterocycles. The van der Waals surface area contributed by atoms with Crippen LogP contribution in [-0.4, -0.2) is 38.3 Å². The van der Waals surface area contributed by atoms with Gasteiger partial charge in [-0.05, 0) is 16.7 Å². The normalized spacial score (nSPS) is 25.6. The molecule has 2 fully saturated rings. The van der Waals surface area contributed by atoms with Crippen molar-refractivity contribution in [1.29, 1.82) is 0 Å². The van der Waals surface area contributed by atoms with Crippen LogP contribution in [-0.2, 0) is 24.5 Å². The zero-order chi connectivity index (χ0) is 19.7. The molecule has 0 spiro atoms. The number of rotatable bonds is 7. The Hall–Kier alpha value is -2.50. The van der Waals surface area contributed by atoms with Crippen molar-refractivity contribution in [2.75, 3.05) is 13.7 Å². The molecule has 4 atom stereocenters. The lowest BCUT2D eigenvalue weighted by atomic mass is 9.80. The molecule has 2 aliphatic heterocycles. The molecule has 3 aromatic carbocycles. The highest BCUT2D eigenvalue weighted by Gasteiger charge is 2.59. The molecule has 4 nitrogen and oxygen atoms in total. The van der Waals surface area contributed by atoms with E-state index in [1.165, 1.54) is 0 Å². The summed E-state index contributed by atoms with van der Waals surface area (Å²) in [6.07, 6.45) is -0.401. The summed E-state index contributed by atoms with van der Waals surface area (Å²) < 4.78 is 23.9. The predicted molar refractivity (Wildman–Crippen MR) is 109 cm³/mol. The van der Waals surface area contributed by atoms with Crippen molar-refractivity contribution in [3.63, 3.8) is 0 Å². The maximum Gasteiger partial charge on any atom is 0.186 e. The van der Waals surface area contributed by atoms with Gasteiger partial charge in [-0.1, -0.05) is 91.0 Å². The Kier molecular flexibility index (Phi) is 4.94. The van der Waals surface area contributed by atoms with Crippen molar-refractivity contribution in [3.05, 3.63) is 108 Å². The molecule has 2 aliphatic rings. The van der Waals surface area contributed by atoms with Crippen molar-refractivity contribution in [1.82, 2.24) is 0 Å². The number of fused-ring (bicyclic) bond motifs is 1. The van der Waals surface area contributed by atoms with Crippen LogP contribution < -0.4 is 0 Å². The summed E-state index contributed by atoms with van der Waals surface area (Å²) in [5.41, 5.74) is 2.48. The Morgan fingerprint density at radius 3 is 1.59 bits per heavy atom. The molecule has 0 saturated carbocycles. The maximum atomic E-state index is 6.80. The fourth-order valence-electron chi connectivity index (χ4n) is 4.28. The van der Waals surface area contributed by atoms with Crippen molar-refractivity contribution < 1.29 is 18.9 Å². The van der Waals surface area contributed by atoms with Gasteiger partial charge in [0.2, 0.25) is 0 Å². The van der Waals surface area contributed by atoms with Crippen molar-refractivity contribution in [2.45, 2.75) is 30.2 Å². The number of epoxide rings is 1. The van der Waals surface area contributed by atoms with Crippen molar-refractivity contribution in [3.8, 4) is 0 Å². The summed E-state index contributed by atoms with van der Waals surface area (Å²) in [4.78, 5) is 0. The second-order valence-corrected chi connectivity index (χ2v) is 7.43. The molecule has 148 valence electrons. The highest BCUT2D eigenvalue weighted by Crippen LogP contribution is 2.44. The quantitative estimate of drug-likeness (QED) is 0.451. The van der Waals surface area contributed by atoms with E-state index in [0.29, 0.717) is 6.61 Å². The van der Waals surface area contributed by atoms with E-state index >= 15 is 0 Å². The van der Waals surface area contributed by atoms with E-state index in [1.54, 1.807) is 7.11 Å². The number of ether oxygens (including phenoxy) is 4. The first-order valence-corrected chi connectivity index (χ1v) is 9.97. The van der Waals surface area contributed by atoms with E-state index in [4.69, 9.17) is 18.9 Å². The molecule has 2 heterocycles. The van der Waals surface area contributed by atoms with Gasteiger partial charge in [-0.25, -0.2) is 0 Å². The lowest BCUT2D eigenvalue weighted by Gasteiger charge is -2.36. The van der Waals surface area contributed by atoms with E-state index in [1.807, 2.05) is 54.6 Å². The zero-order valence-corrected chi connectivity index (χ0v) is 16.3. The van der Waals surface area contributed by atoms with Crippen molar-refractivity contribution >= 4 is 0 Å². The minimum Gasteiger partial charge on any atom is -0.361 e. The molecule has 3 aromatic rings. The summed E-state index contributed by atoms with van der Waals surface area (Å²) in [5, 5.41) is 0. The fraction of sp³-hybridized carbons (Fsp3) is 0.280. The Morgan fingerprint density at radius 2 is 1.17 bits per heavy atom. The minimum atomic E-state index is -0.747. The van der Waals surface area contributed by atoms with E-state index in [0.717, 1.165) is 16.7 Å². The molecule has 0 unspecified atom stereocenters.